The van der Waals surface area contributed by atoms with Crippen molar-refractivity contribution in [2.75, 3.05) is 22.5 Å². The van der Waals surface area contributed by atoms with Crippen LogP contribution in [0, 0.1) is 11.6 Å². The second-order valence-corrected chi connectivity index (χ2v) is 5.11. The van der Waals surface area contributed by atoms with Gasteiger partial charge >= 0.3 is 0 Å². The fraction of sp³-hybridized carbons (Fsp3) is 0.176. The summed E-state index contributed by atoms with van der Waals surface area (Å²) in [5.74, 6) is -2.09. The number of nitrogens with one attached hydrogen (secondary N) is 3. The summed E-state index contributed by atoms with van der Waals surface area (Å²) in [6.07, 6.45) is 0.0984. The van der Waals surface area contributed by atoms with E-state index in [4.69, 9.17) is 0 Å². The van der Waals surface area contributed by atoms with E-state index in [0.717, 1.165) is 11.8 Å². The number of benzene rings is 2. The van der Waals surface area contributed by atoms with Gasteiger partial charge in [0, 0.05) is 37.3 Å². The van der Waals surface area contributed by atoms with Crippen molar-refractivity contribution >= 4 is 28.9 Å². The van der Waals surface area contributed by atoms with Gasteiger partial charge in [-0.25, -0.2) is 8.78 Å². The van der Waals surface area contributed by atoms with Crippen LogP contribution in [0.4, 0.5) is 25.8 Å². The van der Waals surface area contributed by atoms with Crippen LogP contribution < -0.4 is 16.0 Å². The monoisotopic (exact) mass is 333 g/mol. The van der Waals surface area contributed by atoms with E-state index in [-0.39, 0.29) is 18.0 Å². The Kier molecular flexibility index (Phi) is 5.83. The van der Waals surface area contributed by atoms with Gasteiger partial charge in [-0.15, -0.1) is 0 Å². The van der Waals surface area contributed by atoms with Gasteiger partial charge in [0.15, 0.2) is 0 Å². The Bertz CT molecular complexity index is 750. The molecule has 2 aromatic carbocycles. The van der Waals surface area contributed by atoms with Crippen LogP contribution in [0.1, 0.15) is 13.3 Å². The topological polar surface area (TPSA) is 70.2 Å². The highest BCUT2D eigenvalue weighted by atomic mass is 19.1. The van der Waals surface area contributed by atoms with Crippen molar-refractivity contribution in [1.29, 1.82) is 0 Å². The van der Waals surface area contributed by atoms with Crippen molar-refractivity contribution in [3.63, 3.8) is 0 Å². The third-order valence-corrected chi connectivity index (χ3v) is 3.07. The molecule has 0 saturated carbocycles. The summed E-state index contributed by atoms with van der Waals surface area (Å²) in [5, 5.41) is 8.07. The molecule has 0 aliphatic heterocycles. The van der Waals surface area contributed by atoms with Crippen molar-refractivity contribution in [2.24, 2.45) is 0 Å². The van der Waals surface area contributed by atoms with E-state index in [2.05, 4.69) is 16.0 Å². The quantitative estimate of drug-likeness (QED) is 0.759. The maximum atomic E-state index is 13.4. The Balaban J connectivity index is 1.83. The van der Waals surface area contributed by atoms with Gasteiger partial charge in [-0.05, 0) is 30.3 Å². The molecular formula is C17H17F2N3O2. The van der Waals surface area contributed by atoms with E-state index in [1.54, 1.807) is 24.3 Å². The lowest BCUT2D eigenvalue weighted by molar-refractivity contribution is -0.116. The van der Waals surface area contributed by atoms with Crippen LogP contribution in [0.15, 0.2) is 42.5 Å². The maximum absolute atomic E-state index is 13.4. The maximum Gasteiger partial charge on any atom is 0.226 e. The first-order chi connectivity index (χ1) is 11.4. The lowest BCUT2D eigenvalue weighted by Gasteiger charge is -2.09. The molecule has 126 valence electrons. The van der Waals surface area contributed by atoms with Gasteiger partial charge in [0.25, 0.3) is 0 Å². The van der Waals surface area contributed by atoms with Gasteiger partial charge in [-0.1, -0.05) is 6.07 Å². The van der Waals surface area contributed by atoms with Gasteiger partial charge in [-0.3, -0.25) is 9.59 Å². The van der Waals surface area contributed by atoms with Gasteiger partial charge < -0.3 is 16.0 Å². The summed E-state index contributed by atoms with van der Waals surface area (Å²) >= 11 is 0. The summed E-state index contributed by atoms with van der Waals surface area (Å²) in [5.41, 5.74) is 1.32. The van der Waals surface area contributed by atoms with Crippen LogP contribution >= 0.6 is 0 Å². The minimum Gasteiger partial charge on any atom is -0.384 e. The molecule has 0 atom stereocenters. The molecule has 0 unspecified atom stereocenters. The second-order valence-electron chi connectivity index (χ2n) is 5.11. The van der Waals surface area contributed by atoms with Crippen molar-refractivity contribution in [1.82, 2.24) is 0 Å². The summed E-state index contributed by atoms with van der Waals surface area (Å²) in [6.45, 7) is 1.73. The third kappa shape index (κ3) is 5.35. The zero-order valence-corrected chi connectivity index (χ0v) is 13.0. The molecule has 24 heavy (non-hydrogen) atoms. The summed E-state index contributed by atoms with van der Waals surface area (Å²) in [6, 6.07) is 10.00. The number of amides is 2. The Labute approximate surface area is 138 Å². The predicted molar refractivity (Wildman–Crippen MR) is 88.8 cm³/mol. The van der Waals surface area contributed by atoms with Crippen LogP contribution in [0.2, 0.25) is 0 Å². The number of hydrogen-bond acceptors (Lipinski definition) is 3. The molecule has 2 amide bonds. The smallest absolute Gasteiger partial charge is 0.226 e. The van der Waals surface area contributed by atoms with Gasteiger partial charge in [0.2, 0.25) is 11.8 Å². The lowest BCUT2D eigenvalue weighted by Crippen LogP contribution is -2.17. The summed E-state index contributed by atoms with van der Waals surface area (Å²) in [7, 11) is 0. The standard InChI is InChI=1S/C17H17F2N3O2/c1-11(23)21-14-4-2-3-13(10-14)20-8-7-17(24)22-16-6-5-12(18)9-15(16)19/h2-6,9-10,20H,7-8H2,1H3,(H,21,23)(H,22,24). The van der Waals surface area contributed by atoms with E-state index in [0.29, 0.717) is 18.3 Å². The molecule has 3 N–H and O–H groups in total. The Morgan fingerprint density at radius 2 is 1.75 bits per heavy atom. The number of hydrogen-bond donors (Lipinski definition) is 3. The zero-order valence-electron chi connectivity index (χ0n) is 13.0. The molecule has 0 saturated heterocycles. The Morgan fingerprint density at radius 3 is 2.46 bits per heavy atom. The Morgan fingerprint density at radius 1 is 1.00 bits per heavy atom. The van der Waals surface area contributed by atoms with Gasteiger partial charge in [0.1, 0.15) is 11.6 Å². The minimum atomic E-state index is -0.820. The van der Waals surface area contributed by atoms with Crippen molar-refractivity contribution in [3.8, 4) is 0 Å². The Hall–Kier alpha value is -2.96. The van der Waals surface area contributed by atoms with Gasteiger partial charge in [0.05, 0.1) is 5.69 Å². The highest BCUT2D eigenvalue weighted by molar-refractivity contribution is 5.91. The molecule has 0 spiro atoms. The molecule has 0 heterocycles. The SMILES string of the molecule is CC(=O)Nc1cccc(NCCC(=O)Nc2ccc(F)cc2F)c1. The predicted octanol–water partition coefficient (Wildman–Crippen LogP) is 3.36. The zero-order chi connectivity index (χ0) is 17.5. The molecule has 0 bridgehead atoms. The highest BCUT2D eigenvalue weighted by Gasteiger charge is 2.08. The van der Waals surface area contributed by atoms with Crippen molar-refractivity contribution < 1.29 is 18.4 Å². The minimum absolute atomic E-state index is 0.0611. The second kappa shape index (κ2) is 8.05. The molecule has 0 fully saturated rings. The first-order valence-corrected chi connectivity index (χ1v) is 7.30. The molecule has 0 aliphatic carbocycles. The van der Waals surface area contributed by atoms with E-state index < -0.39 is 17.5 Å². The fourth-order valence-electron chi connectivity index (χ4n) is 2.03. The van der Waals surface area contributed by atoms with E-state index in [9.17, 15) is 18.4 Å². The molecule has 2 aromatic rings. The molecule has 0 aromatic heterocycles. The van der Waals surface area contributed by atoms with Crippen LogP contribution in [0.3, 0.4) is 0 Å². The first kappa shape index (κ1) is 17.4. The van der Waals surface area contributed by atoms with Crippen molar-refractivity contribution in [2.45, 2.75) is 13.3 Å². The third-order valence-electron chi connectivity index (χ3n) is 3.07. The number of carbonyl (C=O) groups is 2. The van der Waals surface area contributed by atoms with E-state index >= 15 is 0 Å². The normalized spacial score (nSPS) is 10.1. The van der Waals surface area contributed by atoms with E-state index in [1.807, 2.05) is 0 Å². The van der Waals surface area contributed by atoms with Crippen molar-refractivity contribution in [3.05, 3.63) is 54.1 Å². The summed E-state index contributed by atoms with van der Waals surface area (Å²) in [4.78, 5) is 22.8. The lowest BCUT2D eigenvalue weighted by atomic mass is 10.2. The van der Waals surface area contributed by atoms with Crippen LogP contribution in [-0.2, 0) is 9.59 Å². The number of rotatable bonds is 6. The molecule has 2 rings (SSSR count). The molecule has 5 nitrogen and oxygen atoms in total. The number of anilines is 3. The average Bonchev–Trinajstić information content (AvgIpc) is 2.50. The summed E-state index contributed by atoms with van der Waals surface area (Å²) < 4.78 is 26.2. The van der Waals surface area contributed by atoms with Gasteiger partial charge in [-0.2, -0.15) is 0 Å². The fourth-order valence-corrected chi connectivity index (χ4v) is 2.03. The largest absolute Gasteiger partial charge is 0.384 e. The van der Waals surface area contributed by atoms with Crippen LogP contribution in [0.5, 0.6) is 0 Å². The highest BCUT2D eigenvalue weighted by Crippen LogP contribution is 2.16. The van der Waals surface area contributed by atoms with E-state index in [1.165, 1.54) is 13.0 Å². The number of carbonyl (C=O) groups excluding carboxylic acids is 2. The number of halogens is 2. The molecular weight excluding hydrogens is 316 g/mol. The molecule has 0 aliphatic rings. The molecule has 7 heteroatoms. The van der Waals surface area contributed by atoms with Crippen LogP contribution in [0.25, 0.3) is 0 Å². The first-order valence-electron chi connectivity index (χ1n) is 7.30. The average molecular weight is 333 g/mol. The van der Waals surface area contributed by atoms with Crippen LogP contribution in [-0.4, -0.2) is 18.4 Å². The molecule has 0 radical (unpaired) electrons.